The van der Waals surface area contributed by atoms with E-state index in [0.717, 1.165) is 10.5 Å². The highest BCUT2D eigenvalue weighted by molar-refractivity contribution is 7.98. The molecule has 2 rings (SSSR count). The third-order valence-corrected chi connectivity index (χ3v) is 2.99. The summed E-state index contributed by atoms with van der Waals surface area (Å²) in [5.41, 5.74) is 1.58. The first-order chi connectivity index (χ1) is 8.72. The summed E-state index contributed by atoms with van der Waals surface area (Å²) < 4.78 is 13.7. The maximum absolute atomic E-state index is 13.7. The molecule has 0 amide bonds. The third kappa shape index (κ3) is 4.19. The fourth-order valence-electron chi connectivity index (χ4n) is 1.47. The van der Waals surface area contributed by atoms with Gasteiger partial charge in [0.1, 0.15) is 5.82 Å². The molecule has 0 heterocycles. The third-order valence-electron chi connectivity index (χ3n) is 2.26. The second-order valence-corrected chi connectivity index (χ2v) is 4.80. The Hall–Kier alpha value is -1.28. The monoisotopic (exact) mass is 262 g/mol. The molecule has 0 nitrogen and oxygen atoms in total. The number of hydrogen-bond donors (Lipinski definition) is 0. The predicted molar refractivity (Wildman–Crippen MR) is 79.6 cm³/mol. The summed E-state index contributed by atoms with van der Waals surface area (Å²) in [4.78, 5) is 0.951. The van der Waals surface area contributed by atoms with E-state index in [1.807, 2.05) is 48.7 Å². The fraction of sp³-hybridized carbons (Fsp3) is 0.250. The zero-order valence-corrected chi connectivity index (χ0v) is 11.9. The van der Waals surface area contributed by atoms with Gasteiger partial charge in [-0.25, -0.2) is 4.39 Å². The Balaban J connectivity index is 0.000000492. The molecule has 0 fully saturated rings. The smallest absolute Gasteiger partial charge is 0.132 e. The summed E-state index contributed by atoms with van der Waals surface area (Å²) in [6.07, 6.45) is 3.19. The lowest BCUT2D eigenvalue weighted by Crippen LogP contribution is -1.84. The standard InChI is InChI=1S/C13H11FS.C3H8/c1-15-11-7-8-12(13(14)9-11)10-5-3-2-4-6-10;1-3-2/h2-9H,1H3;3H2,1-2H3. The number of rotatable bonds is 2. The van der Waals surface area contributed by atoms with Crippen LogP contribution in [-0.4, -0.2) is 6.26 Å². The Morgan fingerprint density at radius 3 is 2.11 bits per heavy atom. The van der Waals surface area contributed by atoms with Crippen LogP contribution in [0.15, 0.2) is 53.4 Å². The number of benzene rings is 2. The van der Waals surface area contributed by atoms with E-state index >= 15 is 0 Å². The number of halogens is 1. The van der Waals surface area contributed by atoms with E-state index in [0.29, 0.717) is 5.56 Å². The van der Waals surface area contributed by atoms with Gasteiger partial charge in [0, 0.05) is 10.5 Å². The van der Waals surface area contributed by atoms with Crippen LogP contribution in [0.2, 0.25) is 0 Å². The van der Waals surface area contributed by atoms with Crippen molar-refractivity contribution in [3.05, 3.63) is 54.3 Å². The van der Waals surface area contributed by atoms with Gasteiger partial charge in [-0.15, -0.1) is 11.8 Å². The highest BCUT2D eigenvalue weighted by atomic mass is 32.2. The van der Waals surface area contributed by atoms with Gasteiger partial charge in [-0.05, 0) is 24.0 Å². The highest BCUT2D eigenvalue weighted by Crippen LogP contribution is 2.26. The largest absolute Gasteiger partial charge is 0.206 e. The van der Waals surface area contributed by atoms with E-state index in [1.54, 1.807) is 17.8 Å². The molecule has 0 aliphatic rings. The lowest BCUT2D eigenvalue weighted by Gasteiger charge is -2.04. The minimum absolute atomic E-state index is 0.159. The Morgan fingerprint density at radius 1 is 1.00 bits per heavy atom. The minimum Gasteiger partial charge on any atom is -0.206 e. The zero-order valence-electron chi connectivity index (χ0n) is 11.1. The molecule has 2 heteroatoms. The van der Waals surface area contributed by atoms with Crippen molar-refractivity contribution in [3.63, 3.8) is 0 Å². The van der Waals surface area contributed by atoms with E-state index in [1.165, 1.54) is 6.42 Å². The molecule has 18 heavy (non-hydrogen) atoms. The van der Waals surface area contributed by atoms with Crippen LogP contribution in [0.1, 0.15) is 20.3 Å². The van der Waals surface area contributed by atoms with Crippen LogP contribution in [0.5, 0.6) is 0 Å². The molecule has 0 atom stereocenters. The van der Waals surface area contributed by atoms with E-state index in [9.17, 15) is 4.39 Å². The van der Waals surface area contributed by atoms with Gasteiger partial charge >= 0.3 is 0 Å². The highest BCUT2D eigenvalue weighted by Gasteiger charge is 2.04. The second kappa shape index (κ2) is 7.93. The molecule has 96 valence electrons. The van der Waals surface area contributed by atoms with Crippen LogP contribution < -0.4 is 0 Å². The molecule has 0 unspecified atom stereocenters. The molecule has 0 radical (unpaired) electrons. The lowest BCUT2D eigenvalue weighted by atomic mass is 10.1. The van der Waals surface area contributed by atoms with Crippen molar-refractivity contribution in [1.29, 1.82) is 0 Å². The van der Waals surface area contributed by atoms with Crippen LogP contribution in [0.25, 0.3) is 11.1 Å². The van der Waals surface area contributed by atoms with Crippen molar-refractivity contribution in [3.8, 4) is 11.1 Å². The molecule has 0 saturated heterocycles. The molecule has 0 N–H and O–H groups in total. The summed E-state index contributed by atoms with van der Waals surface area (Å²) in [7, 11) is 0. The Bertz CT molecular complexity index is 466. The molecular weight excluding hydrogens is 243 g/mol. The van der Waals surface area contributed by atoms with Crippen LogP contribution in [0.3, 0.4) is 0 Å². The topological polar surface area (TPSA) is 0 Å². The van der Waals surface area contributed by atoms with Gasteiger partial charge in [-0.1, -0.05) is 56.7 Å². The SMILES string of the molecule is CCC.CSc1ccc(-c2ccccc2)c(F)c1. The lowest BCUT2D eigenvalue weighted by molar-refractivity contribution is 0.628. The number of thioether (sulfide) groups is 1. The van der Waals surface area contributed by atoms with Crippen molar-refractivity contribution in [2.24, 2.45) is 0 Å². The zero-order chi connectivity index (χ0) is 13.4. The van der Waals surface area contributed by atoms with Crippen molar-refractivity contribution in [2.45, 2.75) is 25.2 Å². The number of hydrogen-bond acceptors (Lipinski definition) is 1. The van der Waals surface area contributed by atoms with Gasteiger partial charge in [0.15, 0.2) is 0 Å². The molecule has 2 aromatic rings. The van der Waals surface area contributed by atoms with E-state index in [2.05, 4.69) is 13.8 Å². The molecule has 0 spiro atoms. The molecule has 0 bridgehead atoms. The van der Waals surface area contributed by atoms with Gasteiger partial charge in [-0.3, -0.25) is 0 Å². The van der Waals surface area contributed by atoms with Crippen molar-refractivity contribution in [2.75, 3.05) is 6.26 Å². The van der Waals surface area contributed by atoms with Gasteiger partial charge in [0.25, 0.3) is 0 Å². The molecule has 0 saturated carbocycles. The second-order valence-electron chi connectivity index (χ2n) is 3.92. The van der Waals surface area contributed by atoms with Crippen LogP contribution >= 0.6 is 11.8 Å². The maximum Gasteiger partial charge on any atom is 0.132 e. The average Bonchev–Trinajstić information content (AvgIpc) is 2.40. The van der Waals surface area contributed by atoms with Crippen LogP contribution in [-0.2, 0) is 0 Å². The van der Waals surface area contributed by atoms with E-state index in [4.69, 9.17) is 0 Å². The molecule has 0 aliphatic carbocycles. The Labute approximate surface area is 113 Å². The molecular formula is C16H19FS. The quantitative estimate of drug-likeness (QED) is 0.632. The van der Waals surface area contributed by atoms with Crippen molar-refractivity contribution >= 4 is 11.8 Å². The van der Waals surface area contributed by atoms with Gasteiger partial charge in [0.2, 0.25) is 0 Å². The molecule has 0 aromatic heterocycles. The Morgan fingerprint density at radius 2 is 1.61 bits per heavy atom. The van der Waals surface area contributed by atoms with Crippen LogP contribution in [0, 0.1) is 5.82 Å². The summed E-state index contributed by atoms with van der Waals surface area (Å²) in [5.74, 6) is -0.159. The van der Waals surface area contributed by atoms with Crippen molar-refractivity contribution in [1.82, 2.24) is 0 Å². The van der Waals surface area contributed by atoms with Gasteiger partial charge in [-0.2, -0.15) is 0 Å². The van der Waals surface area contributed by atoms with Crippen LogP contribution in [0.4, 0.5) is 4.39 Å². The first-order valence-electron chi connectivity index (χ1n) is 6.11. The maximum atomic E-state index is 13.7. The van der Waals surface area contributed by atoms with E-state index < -0.39 is 0 Å². The predicted octanol–water partition coefficient (Wildman–Crippen LogP) is 5.63. The molecule has 0 aliphatic heterocycles. The first-order valence-corrected chi connectivity index (χ1v) is 7.34. The Kier molecular flexibility index (Phi) is 6.51. The van der Waals surface area contributed by atoms with Crippen molar-refractivity contribution < 1.29 is 4.39 Å². The van der Waals surface area contributed by atoms with E-state index in [-0.39, 0.29) is 5.82 Å². The minimum atomic E-state index is -0.159. The van der Waals surface area contributed by atoms with Gasteiger partial charge < -0.3 is 0 Å². The summed E-state index contributed by atoms with van der Waals surface area (Å²) >= 11 is 1.55. The summed E-state index contributed by atoms with van der Waals surface area (Å²) in [6.45, 7) is 4.25. The summed E-state index contributed by atoms with van der Waals surface area (Å²) in [5, 5.41) is 0. The average molecular weight is 262 g/mol. The molecule has 2 aromatic carbocycles. The fourth-order valence-corrected chi connectivity index (χ4v) is 1.90. The first kappa shape index (κ1) is 14.8. The summed E-state index contributed by atoms with van der Waals surface area (Å²) in [6, 6.07) is 14.9. The van der Waals surface area contributed by atoms with Gasteiger partial charge in [0.05, 0.1) is 0 Å². The normalized spacial score (nSPS) is 9.56.